The molecule has 1 fully saturated rings. The number of hydrogen-bond donors (Lipinski definition) is 4. The van der Waals surface area contributed by atoms with Crippen LogP contribution in [0.4, 0.5) is 17.1 Å². The van der Waals surface area contributed by atoms with Gasteiger partial charge in [0.2, 0.25) is 5.91 Å². The van der Waals surface area contributed by atoms with Crippen molar-refractivity contribution in [3.05, 3.63) is 42.0 Å². The van der Waals surface area contributed by atoms with Gasteiger partial charge >= 0.3 is 0 Å². The quantitative estimate of drug-likeness (QED) is 0.562. The van der Waals surface area contributed by atoms with Gasteiger partial charge in [-0.25, -0.2) is 0 Å². The van der Waals surface area contributed by atoms with E-state index in [2.05, 4.69) is 47.1 Å². The first-order valence-electron chi connectivity index (χ1n) is 9.81. The van der Waals surface area contributed by atoms with Gasteiger partial charge < -0.3 is 21.4 Å². The summed E-state index contributed by atoms with van der Waals surface area (Å²) in [6.45, 7) is 3.67. The van der Waals surface area contributed by atoms with E-state index in [1.54, 1.807) is 0 Å². The van der Waals surface area contributed by atoms with Gasteiger partial charge in [0.05, 0.1) is 11.4 Å². The fourth-order valence-electron chi connectivity index (χ4n) is 3.54. The molecule has 1 heterocycles. The number of carbonyl (C=O) groups is 1. The zero-order chi connectivity index (χ0) is 18.8. The molecule has 0 radical (unpaired) electrons. The molecule has 0 bridgehead atoms. The van der Waals surface area contributed by atoms with Crippen LogP contribution in [0.5, 0.6) is 0 Å². The predicted molar refractivity (Wildman–Crippen MR) is 112 cm³/mol. The van der Waals surface area contributed by atoms with Crippen molar-refractivity contribution in [3.63, 3.8) is 0 Å². The largest absolute Gasteiger partial charge is 0.385 e. The third-order valence-electron chi connectivity index (χ3n) is 5.16. The summed E-state index contributed by atoms with van der Waals surface area (Å²) in [5.74, 6) is 0.432. The van der Waals surface area contributed by atoms with Gasteiger partial charge in [0.15, 0.2) is 0 Å². The molecule has 5 heteroatoms. The Kier molecular flexibility index (Phi) is 4.84. The number of amides is 1. The highest BCUT2D eigenvalue weighted by molar-refractivity contribution is 6.07. The molecule has 2 aromatic rings. The Balaban J connectivity index is 1.76. The molecular formula is C22H26N4O. The number of carbonyl (C=O) groups excluding carboxylic acids is 1. The Bertz CT molecular complexity index is 886. The maximum Gasteiger partial charge on any atom is 0.226 e. The van der Waals surface area contributed by atoms with Gasteiger partial charge in [-0.15, -0.1) is 0 Å². The Morgan fingerprint density at radius 3 is 2.89 bits per heavy atom. The summed E-state index contributed by atoms with van der Waals surface area (Å²) in [5, 5.41) is 18.5. The SMILES string of the molecule is CCCNc1ccc(-c2cccc3c2NCCC(=O)N3)cc1C(=N)C1CC1. The molecule has 5 nitrogen and oxygen atoms in total. The van der Waals surface area contributed by atoms with Crippen LogP contribution in [0.3, 0.4) is 0 Å². The van der Waals surface area contributed by atoms with Crippen LogP contribution in [-0.2, 0) is 4.79 Å². The van der Waals surface area contributed by atoms with Gasteiger partial charge in [0.25, 0.3) is 0 Å². The molecule has 1 amide bonds. The number of anilines is 3. The van der Waals surface area contributed by atoms with Gasteiger partial charge in [-0.2, -0.15) is 0 Å². The van der Waals surface area contributed by atoms with Crippen molar-refractivity contribution < 1.29 is 4.79 Å². The zero-order valence-corrected chi connectivity index (χ0v) is 15.7. The second-order valence-corrected chi connectivity index (χ2v) is 7.33. The molecule has 2 aromatic carbocycles. The molecule has 27 heavy (non-hydrogen) atoms. The molecule has 4 rings (SSSR count). The number of nitrogens with one attached hydrogen (secondary N) is 4. The maximum absolute atomic E-state index is 11.9. The molecule has 0 spiro atoms. The van der Waals surface area contributed by atoms with E-state index in [1.807, 2.05) is 12.1 Å². The van der Waals surface area contributed by atoms with E-state index in [4.69, 9.17) is 5.41 Å². The van der Waals surface area contributed by atoms with E-state index in [0.29, 0.717) is 18.9 Å². The first-order chi connectivity index (χ1) is 13.2. The van der Waals surface area contributed by atoms with Gasteiger partial charge in [-0.05, 0) is 43.0 Å². The molecule has 1 aliphatic heterocycles. The highest BCUT2D eigenvalue weighted by Gasteiger charge is 2.29. The lowest BCUT2D eigenvalue weighted by Gasteiger charge is -2.17. The number of fused-ring (bicyclic) bond motifs is 1. The van der Waals surface area contributed by atoms with Gasteiger partial charge in [-0.3, -0.25) is 4.79 Å². The van der Waals surface area contributed by atoms with Gasteiger partial charge in [0.1, 0.15) is 0 Å². The van der Waals surface area contributed by atoms with Crippen molar-refractivity contribution in [1.82, 2.24) is 0 Å². The molecule has 4 N–H and O–H groups in total. The highest BCUT2D eigenvalue weighted by Crippen LogP contribution is 2.39. The zero-order valence-electron chi connectivity index (χ0n) is 15.7. The molecule has 0 aromatic heterocycles. The van der Waals surface area contributed by atoms with Crippen LogP contribution in [0.15, 0.2) is 36.4 Å². The van der Waals surface area contributed by atoms with Crippen molar-refractivity contribution in [3.8, 4) is 11.1 Å². The maximum atomic E-state index is 11.9. The van der Waals surface area contributed by atoms with E-state index in [1.165, 1.54) is 0 Å². The summed E-state index contributed by atoms with van der Waals surface area (Å²) < 4.78 is 0. The third-order valence-corrected chi connectivity index (χ3v) is 5.16. The second kappa shape index (κ2) is 7.43. The summed E-state index contributed by atoms with van der Waals surface area (Å²) in [7, 11) is 0. The second-order valence-electron chi connectivity index (χ2n) is 7.33. The number of benzene rings is 2. The van der Waals surface area contributed by atoms with Crippen LogP contribution in [0.1, 0.15) is 38.2 Å². The molecule has 0 atom stereocenters. The standard InChI is InChI=1S/C22H26N4O/c1-2-11-24-18-9-8-15(13-17(18)21(23)14-6-7-14)16-4-3-5-19-22(16)25-12-10-20(27)26-19/h3-5,8-9,13-14,23-25H,2,6-7,10-12H2,1H3,(H,26,27). The molecule has 2 aliphatic rings. The van der Waals surface area contributed by atoms with Gasteiger partial charge in [0, 0.05) is 48.0 Å². The Hall–Kier alpha value is -2.82. The van der Waals surface area contributed by atoms with E-state index in [9.17, 15) is 4.79 Å². The molecule has 0 unspecified atom stereocenters. The van der Waals surface area contributed by atoms with Crippen LogP contribution in [0.2, 0.25) is 0 Å². The summed E-state index contributed by atoms with van der Waals surface area (Å²) in [6.07, 6.45) is 3.74. The summed E-state index contributed by atoms with van der Waals surface area (Å²) >= 11 is 0. The minimum Gasteiger partial charge on any atom is -0.385 e. The minimum atomic E-state index is 0.0358. The summed E-state index contributed by atoms with van der Waals surface area (Å²) in [4.78, 5) is 11.9. The first-order valence-corrected chi connectivity index (χ1v) is 9.81. The van der Waals surface area contributed by atoms with Crippen molar-refractivity contribution in [2.24, 2.45) is 5.92 Å². The monoisotopic (exact) mass is 362 g/mol. The number of para-hydroxylation sites is 1. The van der Waals surface area contributed by atoms with E-state index in [0.717, 1.165) is 65.3 Å². The topological polar surface area (TPSA) is 77.0 Å². The minimum absolute atomic E-state index is 0.0358. The third kappa shape index (κ3) is 3.68. The van der Waals surface area contributed by atoms with Crippen LogP contribution in [-0.4, -0.2) is 24.7 Å². The molecule has 1 aliphatic carbocycles. The number of hydrogen-bond acceptors (Lipinski definition) is 4. The molecule has 0 saturated heterocycles. The van der Waals surface area contributed by atoms with Crippen molar-refractivity contribution in [2.45, 2.75) is 32.6 Å². The smallest absolute Gasteiger partial charge is 0.226 e. The molecule has 1 saturated carbocycles. The Morgan fingerprint density at radius 1 is 1.26 bits per heavy atom. The lowest BCUT2D eigenvalue weighted by molar-refractivity contribution is -0.115. The molecular weight excluding hydrogens is 336 g/mol. The summed E-state index contributed by atoms with van der Waals surface area (Å²) in [5.41, 5.74) is 6.68. The Morgan fingerprint density at radius 2 is 2.11 bits per heavy atom. The fourth-order valence-corrected chi connectivity index (χ4v) is 3.54. The fraction of sp³-hybridized carbons (Fsp3) is 0.364. The lowest BCUT2D eigenvalue weighted by atomic mass is 9.96. The lowest BCUT2D eigenvalue weighted by Crippen LogP contribution is -2.10. The van der Waals surface area contributed by atoms with Crippen molar-refractivity contribution in [2.75, 3.05) is 29.0 Å². The van der Waals surface area contributed by atoms with Crippen molar-refractivity contribution >= 4 is 28.7 Å². The average molecular weight is 362 g/mol. The highest BCUT2D eigenvalue weighted by atomic mass is 16.1. The summed E-state index contributed by atoms with van der Waals surface area (Å²) in [6, 6.07) is 12.3. The van der Waals surface area contributed by atoms with Crippen LogP contribution in [0, 0.1) is 11.3 Å². The Labute approximate surface area is 160 Å². The number of rotatable bonds is 6. The van der Waals surface area contributed by atoms with E-state index >= 15 is 0 Å². The van der Waals surface area contributed by atoms with Gasteiger partial charge in [-0.1, -0.05) is 25.1 Å². The van der Waals surface area contributed by atoms with Crippen molar-refractivity contribution in [1.29, 1.82) is 5.41 Å². The predicted octanol–water partition coefficient (Wildman–Crippen LogP) is 4.71. The average Bonchev–Trinajstić information content (AvgIpc) is 3.52. The van der Waals surface area contributed by atoms with Crippen LogP contribution < -0.4 is 16.0 Å². The normalized spacial score (nSPS) is 16.0. The van der Waals surface area contributed by atoms with Crippen LogP contribution in [0.25, 0.3) is 11.1 Å². The van der Waals surface area contributed by atoms with Crippen LogP contribution >= 0.6 is 0 Å². The molecule has 140 valence electrons. The van der Waals surface area contributed by atoms with E-state index < -0.39 is 0 Å². The first kappa shape index (κ1) is 17.6. The van der Waals surface area contributed by atoms with E-state index in [-0.39, 0.29) is 5.91 Å².